The quantitative estimate of drug-likeness (QED) is 0.526. The van der Waals surface area contributed by atoms with Gasteiger partial charge in [-0.05, 0) is 12.8 Å². The molecule has 0 aromatic heterocycles. The summed E-state index contributed by atoms with van der Waals surface area (Å²) in [4.78, 5) is 17.9. The summed E-state index contributed by atoms with van der Waals surface area (Å²) in [6.07, 6.45) is 3.86. The molecular formula is C13H24N4O3S. The lowest BCUT2D eigenvalue weighted by atomic mass is 9.79. The second-order valence-electron chi connectivity index (χ2n) is 6.08. The summed E-state index contributed by atoms with van der Waals surface area (Å²) in [5.74, 6) is 0.930. The Hall–Kier alpha value is -1.31. The van der Waals surface area contributed by atoms with Crippen LogP contribution in [-0.2, 0) is 14.6 Å². The largest absolute Gasteiger partial charge is 0.355 e. The number of piperidine rings is 1. The molecule has 2 saturated heterocycles. The molecule has 0 aromatic rings. The van der Waals surface area contributed by atoms with Gasteiger partial charge in [-0.15, -0.1) is 0 Å². The van der Waals surface area contributed by atoms with Crippen LogP contribution in [0, 0.1) is 5.41 Å². The second kappa shape index (κ2) is 6.21. The van der Waals surface area contributed by atoms with E-state index in [4.69, 9.17) is 0 Å². The Bertz CT molecular complexity index is 532. The first-order valence-corrected chi connectivity index (χ1v) is 9.30. The van der Waals surface area contributed by atoms with Crippen LogP contribution in [0.2, 0.25) is 0 Å². The van der Waals surface area contributed by atoms with E-state index in [1.54, 1.807) is 7.05 Å². The van der Waals surface area contributed by atoms with Crippen molar-refractivity contribution in [1.29, 1.82) is 0 Å². The van der Waals surface area contributed by atoms with Crippen LogP contribution in [0.3, 0.4) is 0 Å². The van der Waals surface area contributed by atoms with E-state index < -0.39 is 9.84 Å². The number of guanidine groups is 1. The predicted molar refractivity (Wildman–Crippen MR) is 81.9 cm³/mol. The fourth-order valence-electron chi connectivity index (χ4n) is 3.11. The molecule has 0 aromatic carbocycles. The Morgan fingerprint density at radius 1 is 1.52 bits per heavy atom. The predicted octanol–water partition coefficient (Wildman–Crippen LogP) is -0.791. The second-order valence-corrected chi connectivity index (χ2v) is 8.34. The van der Waals surface area contributed by atoms with E-state index in [-0.39, 0.29) is 17.1 Å². The number of amides is 1. The molecule has 1 spiro atoms. The third-order valence-corrected chi connectivity index (χ3v) is 5.07. The molecule has 7 nitrogen and oxygen atoms in total. The van der Waals surface area contributed by atoms with Crippen molar-refractivity contribution in [3.05, 3.63) is 0 Å². The van der Waals surface area contributed by atoms with Gasteiger partial charge in [0, 0.05) is 51.3 Å². The van der Waals surface area contributed by atoms with Crippen LogP contribution in [0.1, 0.15) is 19.3 Å². The number of carbonyl (C=O) groups excluding carboxylic acids is 1. The van der Waals surface area contributed by atoms with Crippen LogP contribution in [0.15, 0.2) is 4.99 Å². The van der Waals surface area contributed by atoms with E-state index in [1.165, 1.54) is 6.26 Å². The van der Waals surface area contributed by atoms with Crippen molar-refractivity contribution < 1.29 is 13.2 Å². The maximum atomic E-state index is 11.5. The molecular weight excluding hydrogens is 292 g/mol. The maximum Gasteiger partial charge on any atom is 0.220 e. The van der Waals surface area contributed by atoms with Gasteiger partial charge >= 0.3 is 0 Å². The minimum Gasteiger partial charge on any atom is -0.355 e. The molecule has 21 heavy (non-hydrogen) atoms. The smallest absolute Gasteiger partial charge is 0.220 e. The lowest BCUT2D eigenvalue weighted by Gasteiger charge is -2.40. The Balaban J connectivity index is 1.94. The van der Waals surface area contributed by atoms with Crippen molar-refractivity contribution >= 4 is 21.7 Å². The molecule has 2 aliphatic heterocycles. The first-order chi connectivity index (χ1) is 9.84. The van der Waals surface area contributed by atoms with E-state index in [0.29, 0.717) is 13.0 Å². The van der Waals surface area contributed by atoms with Crippen molar-refractivity contribution in [3.8, 4) is 0 Å². The Labute approximate surface area is 126 Å². The van der Waals surface area contributed by atoms with Gasteiger partial charge in [-0.1, -0.05) is 0 Å². The zero-order valence-corrected chi connectivity index (χ0v) is 13.5. The van der Waals surface area contributed by atoms with E-state index in [9.17, 15) is 13.2 Å². The lowest BCUT2D eigenvalue weighted by molar-refractivity contribution is -0.119. The number of aliphatic imine (C=N–C) groups is 1. The van der Waals surface area contributed by atoms with Gasteiger partial charge in [0.15, 0.2) is 5.96 Å². The minimum atomic E-state index is -2.98. The summed E-state index contributed by atoms with van der Waals surface area (Å²) in [6.45, 7) is 2.74. The highest BCUT2D eigenvalue weighted by atomic mass is 32.2. The number of nitrogens with one attached hydrogen (secondary N) is 2. The molecule has 8 heteroatoms. The van der Waals surface area contributed by atoms with Crippen molar-refractivity contribution in [3.63, 3.8) is 0 Å². The Morgan fingerprint density at radius 2 is 2.29 bits per heavy atom. The maximum absolute atomic E-state index is 11.5. The molecule has 1 amide bonds. The SMILES string of the molecule is CN=C(NCCS(C)(=O)=O)N1CCCC2(CNC(=O)C2)C1. The first-order valence-electron chi connectivity index (χ1n) is 7.24. The molecule has 2 rings (SSSR count). The van der Waals surface area contributed by atoms with Gasteiger partial charge in [0.05, 0.1) is 5.75 Å². The zero-order valence-electron chi connectivity index (χ0n) is 12.7. The van der Waals surface area contributed by atoms with E-state index in [1.807, 2.05) is 0 Å². The van der Waals surface area contributed by atoms with Gasteiger partial charge < -0.3 is 15.5 Å². The number of hydrogen-bond acceptors (Lipinski definition) is 4. The van der Waals surface area contributed by atoms with Crippen molar-refractivity contribution in [2.75, 3.05) is 45.2 Å². The van der Waals surface area contributed by atoms with E-state index >= 15 is 0 Å². The summed E-state index contributed by atoms with van der Waals surface area (Å²) < 4.78 is 22.4. The van der Waals surface area contributed by atoms with Gasteiger partial charge in [0.2, 0.25) is 5.91 Å². The normalized spacial score (nSPS) is 27.0. The van der Waals surface area contributed by atoms with Crippen LogP contribution in [0.25, 0.3) is 0 Å². The summed E-state index contributed by atoms with van der Waals surface area (Å²) >= 11 is 0. The summed E-state index contributed by atoms with van der Waals surface area (Å²) in [6, 6.07) is 0. The van der Waals surface area contributed by atoms with Crippen LogP contribution in [0.5, 0.6) is 0 Å². The average Bonchev–Trinajstić information content (AvgIpc) is 2.74. The number of hydrogen-bond donors (Lipinski definition) is 2. The Kier molecular flexibility index (Phi) is 4.75. The number of nitrogens with zero attached hydrogens (tertiary/aromatic N) is 2. The molecule has 1 atom stereocenters. The molecule has 2 heterocycles. The average molecular weight is 316 g/mol. The molecule has 1 unspecified atom stereocenters. The molecule has 0 radical (unpaired) electrons. The number of sulfone groups is 1. The van der Waals surface area contributed by atoms with E-state index in [0.717, 1.165) is 38.4 Å². The fraction of sp³-hybridized carbons (Fsp3) is 0.846. The van der Waals surface area contributed by atoms with Crippen molar-refractivity contribution in [2.24, 2.45) is 10.4 Å². The zero-order chi connectivity index (χ0) is 15.5. The highest BCUT2D eigenvalue weighted by molar-refractivity contribution is 7.90. The Morgan fingerprint density at radius 3 is 2.86 bits per heavy atom. The van der Waals surface area contributed by atoms with Gasteiger partial charge in [-0.3, -0.25) is 9.79 Å². The fourth-order valence-corrected chi connectivity index (χ4v) is 3.58. The van der Waals surface area contributed by atoms with Crippen molar-refractivity contribution in [1.82, 2.24) is 15.5 Å². The molecule has 120 valence electrons. The molecule has 0 bridgehead atoms. The topological polar surface area (TPSA) is 90.9 Å². The molecule has 2 aliphatic rings. The molecule has 0 saturated carbocycles. The van der Waals surface area contributed by atoms with Gasteiger partial charge in [-0.25, -0.2) is 8.42 Å². The number of likely N-dealkylation sites (tertiary alicyclic amines) is 1. The summed E-state index contributed by atoms with van der Waals surface area (Å²) in [5.41, 5.74) is 0.00376. The monoisotopic (exact) mass is 316 g/mol. The van der Waals surface area contributed by atoms with Gasteiger partial charge in [0.1, 0.15) is 9.84 Å². The van der Waals surface area contributed by atoms with Gasteiger partial charge in [0.25, 0.3) is 0 Å². The standard InChI is InChI=1S/C13H24N4O3S/c1-14-12(15-5-7-21(2,19)20)17-6-3-4-13(10-17)8-11(18)16-9-13/h3-10H2,1-2H3,(H,14,15)(H,16,18). The van der Waals surface area contributed by atoms with Crippen molar-refractivity contribution in [2.45, 2.75) is 19.3 Å². The number of rotatable bonds is 3. The molecule has 2 N–H and O–H groups in total. The summed E-state index contributed by atoms with van der Waals surface area (Å²) in [7, 11) is -1.28. The van der Waals surface area contributed by atoms with Crippen LogP contribution < -0.4 is 10.6 Å². The van der Waals surface area contributed by atoms with E-state index in [2.05, 4.69) is 20.5 Å². The number of carbonyl (C=O) groups is 1. The molecule has 2 fully saturated rings. The van der Waals surface area contributed by atoms with Crippen LogP contribution >= 0.6 is 0 Å². The highest BCUT2D eigenvalue weighted by Crippen LogP contribution is 2.35. The third-order valence-electron chi connectivity index (χ3n) is 4.12. The van der Waals surface area contributed by atoms with Gasteiger partial charge in [-0.2, -0.15) is 0 Å². The summed E-state index contributed by atoms with van der Waals surface area (Å²) in [5, 5.41) is 6.02. The van der Waals surface area contributed by atoms with Crippen LogP contribution in [0.4, 0.5) is 0 Å². The first kappa shape index (κ1) is 16.1. The lowest BCUT2D eigenvalue weighted by Crippen LogP contribution is -2.51. The molecule has 0 aliphatic carbocycles. The van der Waals surface area contributed by atoms with Crippen LogP contribution in [-0.4, -0.2) is 70.4 Å². The highest BCUT2D eigenvalue weighted by Gasteiger charge is 2.42. The minimum absolute atomic E-state index is 0.00376. The third kappa shape index (κ3) is 4.33.